The van der Waals surface area contributed by atoms with Crippen molar-refractivity contribution in [2.45, 2.75) is 249 Å². The summed E-state index contributed by atoms with van der Waals surface area (Å²) in [7, 11) is -5.83. The van der Waals surface area contributed by atoms with Crippen LogP contribution in [0.25, 0.3) is 0 Å². The number of nitrogens with zero attached hydrogens (tertiary/aromatic N) is 6. The Labute approximate surface area is 841 Å². The Balaban J connectivity index is 0.989. The molecule has 15 aromatic rings. The van der Waals surface area contributed by atoms with Gasteiger partial charge in [-0.05, 0) is 305 Å². The second kappa shape index (κ2) is 32.5. The summed E-state index contributed by atoms with van der Waals surface area (Å²) in [5.41, 5.74) is 45.9. The lowest BCUT2D eigenvalue weighted by Gasteiger charge is -2.48. The monoisotopic (exact) mass is 1880 g/mol. The molecule has 1 unspecified atom stereocenters. The van der Waals surface area contributed by atoms with Gasteiger partial charge in [0.25, 0.3) is 20.1 Å². The van der Waals surface area contributed by atoms with Crippen LogP contribution in [-0.4, -0.2) is 44.4 Å². The van der Waals surface area contributed by atoms with Crippen molar-refractivity contribution in [1.29, 1.82) is 0 Å². The maximum atomic E-state index is 2.74. The molecule has 1 atom stereocenters. The van der Waals surface area contributed by atoms with E-state index in [0.29, 0.717) is 0 Å². The van der Waals surface area contributed by atoms with E-state index >= 15 is 0 Å². The van der Waals surface area contributed by atoms with Gasteiger partial charge in [-0.25, -0.2) is 0 Å². The molecule has 21 rings (SSSR count). The van der Waals surface area contributed by atoms with Gasteiger partial charge in [0.15, 0.2) is 0 Å². The molecule has 15 aromatic carbocycles. The summed E-state index contributed by atoms with van der Waals surface area (Å²) in [6.45, 7) is 74.3. The van der Waals surface area contributed by atoms with Gasteiger partial charge >= 0.3 is 0 Å². The first-order chi connectivity index (χ1) is 65.7. The van der Waals surface area contributed by atoms with Gasteiger partial charge < -0.3 is 29.4 Å². The van der Waals surface area contributed by atoms with Crippen molar-refractivity contribution in [1.82, 2.24) is 0 Å². The second-order valence-electron chi connectivity index (χ2n) is 51.3. The van der Waals surface area contributed by atoms with Crippen LogP contribution in [0.4, 0.5) is 102 Å². The van der Waals surface area contributed by atoms with Crippen molar-refractivity contribution in [3.63, 3.8) is 0 Å². The van der Waals surface area contributed by atoms with Gasteiger partial charge in [-0.3, -0.25) is 0 Å². The Morgan fingerprint density at radius 3 is 0.593 bits per heavy atom. The molecule has 0 spiro atoms. The molecule has 0 amide bonds. The maximum absolute atomic E-state index is 2.74. The van der Waals surface area contributed by atoms with Crippen LogP contribution >= 0.6 is 0 Å². The molecular weight excluding hydrogens is 1740 g/mol. The van der Waals surface area contributed by atoms with Crippen molar-refractivity contribution >= 4 is 211 Å². The van der Waals surface area contributed by atoms with E-state index in [4.69, 9.17) is 0 Å². The summed E-state index contributed by atoms with van der Waals surface area (Å²) < 4.78 is 0. The number of fused-ring (bicyclic) bond motifs is 12. The van der Waals surface area contributed by atoms with Crippen LogP contribution in [0.15, 0.2) is 291 Å². The molecule has 6 aliphatic rings. The van der Waals surface area contributed by atoms with Crippen LogP contribution in [0.2, 0.25) is 58.9 Å². The summed E-state index contributed by atoms with van der Waals surface area (Å²) in [5, 5.41) is 4.34. The van der Waals surface area contributed by atoms with E-state index in [1.807, 2.05) is 0 Å². The average molecular weight is 1880 g/mol. The van der Waals surface area contributed by atoms with E-state index in [9.17, 15) is 0 Å². The Hall–Kier alpha value is -12.1. The van der Waals surface area contributed by atoms with Gasteiger partial charge in [0.1, 0.15) is 0 Å². The van der Waals surface area contributed by atoms with Gasteiger partial charge in [-0.2, -0.15) is 0 Å². The highest BCUT2D eigenvalue weighted by atomic mass is 28.3. The Morgan fingerprint density at radius 1 is 0.171 bits per heavy atom. The molecule has 704 valence electrons. The first kappa shape index (κ1) is 94.2. The molecule has 0 aromatic heterocycles. The fourth-order valence-corrected chi connectivity index (χ4v) is 26.8. The molecule has 12 heteroatoms. The lowest BCUT2D eigenvalue weighted by atomic mass is 9.33. The molecule has 6 nitrogen and oxygen atoms in total. The highest BCUT2D eigenvalue weighted by Gasteiger charge is 2.53. The normalized spacial score (nSPS) is 14.9. The van der Waals surface area contributed by atoms with Gasteiger partial charge in [0.2, 0.25) is 0 Å². The zero-order valence-corrected chi connectivity index (χ0v) is 92.1. The minimum Gasteiger partial charge on any atom is -0.311 e. The van der Waals surface area contributed by atoms with Gasteiger partial charge in [0.05, 0.1) is 24.2 Å². The number of hydrogen-bond acceptors (Lipinski definition) is 6. The molecule has 0 radical (unpaired) electrons. The fraction of sp³-hybridized carbons (Fsp3) is 0.297. The van der Waals surface area contributed by atoms with Crippen molar-refractivity contribution in [3.05, 3.63) is 358 Å². The van der Waals surface area contributed by atoms with Crippen molar-refractivity contribution in [2.24, 2.45) is 0 Å². The number of aryl methyl sites for hydroxylation is 3. The molecule has 0 N–H and O–H groups in total. The summed E-state index contributed by atoms with van der Waals surface area (Å²) in [4.78, 5) is 16.2. The third-order valence-electron chi connectivity index (χ3n) is 32.0. The molecule has 0 saturated carbocycles. The number of hydrogen-bond donors (Lipinski definition) is 0. The summed E-state index contributed by atoms with van der Waals surface area (Å²) >= 11 is 0. The third-order valence-corrected chi connectivity index (χ3v) is 38.1. The maximum Gasteiger partial charge on any atom is 0.252 e. The van der Waals surface area contributed by atoms with Crippen LogP contribution in [-0.2, 0) is 37.9 Å². The number of rotatable bonds is 12. The van der Waals surface area contributed by atoms with Crippen LogP contribution in [0.5, 0.6) is 0 Å². The average Bonchev–Trinajstić information content (AvgIpc) is 0.678. The van der Waals surface area contributed by atoms with Crippen LogP contribution in [0.3, 0.4) is 0 Å². The molecule has 0 aliphatic carbocycles. The number of benzene rings is 15. The standard InChI is InChI=1S/C128H141B3N6Si3/c1-80-32-46-92(47-33-80)132-107-62-36-82(3)68-101(107)129-102-69-86(125(13,14)15)43-63-108(102)134(94-50-37-83(38-51-94)122(4,5)6)114-73-89(72-113(132)119(114)129)128(22,90-74-115-120-116(75-90)135(95-52-39-84(40-53-95)123(7,8)9)109-64-44-87(126(16,17)18)70-103(109)130(120)105-78-99(139(26,27)28)60-66-111(105)133(115)93-48-34-81(2)35-49-93)91-76-117-121-118(77-91)137(97-56-58-98(59-57-97)138(23,24)25)112-67-61-100(140(29,30)31)79-106(112)131(121)104-71-88(127(19,20)21)45-65-110(104)136(117)96-54-41-85(42-55-96)124(10,11)12/h32-79H,1-31H3. The van der Waals surface area contributed by atoms with Crippen LogP contribution in [0.1, 0.15) is 198 Å². The van der Waals surface area contributed by atoms with E-state index in [2.05, 4.69) is 532 Å². The molecular formula is C128H141B3N6Si3. The molecule has 140 heavy (non-hydrogen) atoms. The van der Waals surface area contributed by atoms with Gasteiger partial charge in [-0.1, -0.05) is 361 Å². The van der Waals surface area contributed by atoms with E-state index in [0.717, 1.165) is 56.6 Å². The molecule has 0 fully saturated rings. The van der Waals surface area contributed by atoms with E-state index in [1.54, 1.807) is 0 Å². The third kappa shape index (κ3) is 15.7. The highest BCUT2D eigenvalue weighted by Crippen LogP contribution is 2.57. The summed E-state index contributed by atoms with van der Waals surface area (Å²) in [6, 6.07) is 120. The summed E-state index contributed by atoms with van der Waals surface area (Å²) in [6.07, 6.45) is 0. The zero-order chi connectivity index (χ0) is 99.4. The second-order valence-corrected chi connectivity index (χ2v) is 66.5. The molecule has 0 saturated heterocycles. The highest BCUT2D eigenvalue weighted by molar-refractivity contribution is 7.03. The van der Waals surface area contributed by atoms with E-state index in [-0.39, 0.29) is 52.6 Å². The van der Waals surface area contributed by atoms with Gasteiger partial charge in [-0.15, -0.1) is 0 Å². The lowest BCUT2D eigenvalue weighted by Crippen LogP contribution is -2.63. The molecule has 6 aliphatic heterocycles. The smallest absolute Gasteiger partial charge is 0.252 e. The Kier molecular flexibility index (Phi) is 21.9. The molecule has 0 bridgehead atoms. The largest absolute Gasteiger partial charge is 0.311 e. The van der Waals surface area contributed by atoms with Crippen LogP contribution in [0, 0.1) is 20.8 Å². The van der Waals surface area contributed by atoms with Crippen molar-refractivity contribution < 1.29 is 0 Å². The zero-order valence-electron chi connectivity index (χ0n) is 89.1. The predicted octanol–water partition coefficient (Wildman–Crippen LogP) is 27.6. The first-order valence-corrected chi connectivity index (χ1v) is 61.9. The Bertz CT molecular complexity index is 7380. The number of anilines is 18. The van der Waals surface area contributed by atoms with Crippen molar-refractivity contribution in [2.75, 3.05) is 29.4 Å². The Morgan fingerprint density at radius 2 is 0.357 bits per heavy atom. The quantitative estimate of drug-likeness (QED) is 0.0891. The molecule has 6 heterocycles. The lowest BCUT2D eigenvalue weighted by molar-refractivity contribution is 0.590. The SMILES string of the molecule is Cc1ccc(N2c3ccc(C)cc3B3c4cc(C(C)(C)C)ccc4N(c4ccc(C(C)(C)C)cc4)c4cc(C(C)(c5cc6c7c(c5)N(c5ccc(C)cc5)c5ccc([Si](C)(C)C)cc5B7c5cc(C(C)(C)C)ccc5N6c5ccc(C(C)(C)C)cc5)c5cc6c7c(c5)N(c5ccc([Si](C)(C)C)cc5)c5ccc([Si](C)(C)C)cc5B7c5cc(C(C)(C)C)ccc5N6c5ccc(C(C)(C)C)cc5)cc2c43)cc1. The van der Waals surface area contributed by atoms with E-state index in [1.165, 1.54) is 177 Å². The van der Waals surface area contributed by atoms with Crippen molar-refractivity contribution in [3.8, 4) is 0 Å². The predicted molar refractivity (Wildman–Crippen MR) is 622 cm³/mol. The van der Waals surface area contributed by atoms with E-state index < -0.39 is 29.6 Å². The minimum atomic E-state index is -2.00. The van der Waals surface area contributed by atoms with Crippen LogP contribution < -0.4 is 94.1 Å². The fourth-order valence-electron chi connectivity index (χ4n) is 23.3. The minimum absolute atomic E-state index is 0.101. The first-order valence-electron chi connectivity index (χ1n) is 51.4. The summed E-state index contributed by atoms with van der Waals surface area (Å²) in [5.74, 6) is 0. The topological polar surface area (TPSA) is 19.4 Å². The van der Waals surface area contributed by atoms with Gasteiger partial charge in [0, 0.05) is 108 Å².